The highest BCUT2D eigenvalue weighted by Crippen LogP contribution is 2.24. The summed E-state index contributed by atoms with van der Waals surface area (Å²) in [5.41, 5.74) is 3.73. The van der Waals surface area contributed by atoms with E-state index in [2.05, 4.69) is 29.0 Å². The lowest BCUT2D eigenvalue weighted by molar-refractivity contribution is -0.231. The molecule has 61 heavy (non-hydrogen) atoms. The number of carbonyl (C=O) groups excluding carboxylic acids is 6. The number of carboxylic acids is 1. The van der Waals surface area contributed by atoms with Crippen LogP contribution in [0.3, 0.4) is 0 Å². The molecule has 2 aliphatic rings. The number of amides is 1. The average molecular weight is 887 g/mol. The van der Waals surface area contributed by atoms with Gasteiger partial charge in [0.05, 0.1) is 6.42 Å². The maximum absolute atomic E-state index is 13.2. The molecule has 0 saturated carbocycles. The van der Waals surface area contributed by atoms with Crippen LogP contribution < -0.4 is 11.1 Å². The number of esters is 4. The van der Waals surface area contributed by atoms with Gasteiger partial charge in [-0.25, -0.2) is 40.7 Å². The van der Waals surface area contributed by atoms with Crippen LogP contribution >= 0.6 is 0 Å². The molecule has 1 amide bonds. The van der Waals surface area contributed by atoms with Crippen LogP contribution in [0.2, 0.25) is 0 Å². The SMILES string of the molecule is CC1(C)OC(=O)CC(=O)O1.COCC(=O)CC(=O)NCc1c(F)cc(F)cc1F.COCC(=O)O.COCC(O)=C1C(=O)OC(C)(C)OC1=O.NCc1c(F)cc(F)cc1F. The summed E-state index contributed by atoms with van der Waals surface area (Å²) in [7, 11) is 3.97. The van der Waals surface area contributed by atoms with Crippen LogP contribution in [0.5, 0.6) is 0 Å². The van der Waals surface area contributed by atoms with E-state index in [4.69, 9.17) is 20.3 Å². The summed E-state index contributed by atoms with van der Waals surface area (Å²) in [5, 5.41) is 19.3. The lowest BCUT2D eigenvalue weighted by atomic mass is 10.2. The van der Waals surface area contributed by atoms with Crippen molar-refractivity contribution in [3.8, 4) is 0 Å². The predicted molar refractivity (Wildman–Crippen MR) is 192 cm³/mol. The van der Waals surface area contributed by atoms with Crippen molar-refractivity contribution in [1.82, 2.24) is 5.32 Å². The van der Waals surface area contributed by atoms with Crippen molar-refractivity contribution >= 4 is 41.5 Å². The van der Waals surface area contributed by atoms with Crippen LogP contribution in [0.25, 0.3) is 0 Å². The van der Waals surface area contributed by atoms with Gasteiger partial charge in [0.15, 0.2) is 11.4 Å². The molecule has 2 aliphatic heterocycles. The smallest absolute Gasteiger partial charge is 0.352 e. The number of aliphatic hydroxyl groups is 1. The van der Waals surface area contributed by atoms with Gasteiger partial charge in [0, 0.05) is 97.5 Å². The lowest BCUT2D eigenvalue weighted by Gasteiger charge is -2.29. The summed E-state index contributed by atoms with van der Waals surface area (Å²) in [6.07, 6.45) is -0.721. The molecule has 18 nitrogen and oxygen atoms in total. The molecule has 4 rings (SSSR count). The largest absolute Gasteiger partial charge is 0.509 e. The summed E-state index contributed by atoms with van der Waals surface area (Å²) in [4.78, 5) is 75.6. The second-order valence-electron chi connectivity index (χ2n) is 12.6. The fourth-order valence-electron chi connectivity index (χ4n) is 4.13. The quantitative estimate of drug-likeness (QED) is 0.0631. The number of cyclic esters (lactones) is 4. The Kier molecular flexibility index (Phi) is 23.6. The van der Waals surface area contributed by atoms with Gasteiger partial charge in [0.25, 0.3) is 11.6 Å². The highest BCUT2D eigenvalue weighted by Gasteiger charge is 2.41. The molecule has 2 heterocycles. The standard InChI is InChI=1S/C12H12F3NO3.C9H12O6.C7H6F3N.C6H8O4.C3H6O3/c1-19-6-8(17)4-12(18)16-5-9-10(14)2-7(13)3-11(9)15;1-9(2)14-7(11)6(8(12)15-9)5(10)4-13-3;8-4-1-6(9)5(3-11)7(10)2-4;1-6(2)9-4(7)3-5(8)10-6;1-6-2-3(4)5/h2-3H,4-6H2,1H3,(H,16,18);10H,4H2,1-3H3;1-2H,3,11H2;3H2,1-2H3;2H2,1H3,(H,4,5). The molecule has 24 heteroatoms. The predicted octanol–water partition coefficient (Wildman–Crippen LogP) is 3.10. The van der Waals surface area contributed by atoms with E-state index in [1.165, 1.54) is 49.0 Å². The zero-order valence-electron chi connectivity index (χ0n) is 33.7. The van der Waals surface area contributed by atoms with Crippen molar-refractivity contribution < 1.29 is 103 Å². The molecule has 2 aromatic rings. The highest BCUT2D eigenvalue weighted by atomic mass is 19.2. The Balaban J connectivity index is 0.000000771. The van der Waals surface area contributed by atoms with E-state index in [9.17, 15) is 65.0 Å². The third-order valence-corrected chi connectivity index (χ3v) is 6.47. The third-order valence-electron chi connectivity index (χ3n) is 6.47. The Hall–Kier alpha value is -6.11. The van der Waals surface area contributed by atoms with Crippen molar-refractivity contribution in [1.29, 1.82) is 0 Å². The van der Waals surface area contributed by atoms with Crippen LogP contribution in [-0.2, 0) is 79.8 Å². The minimum absolute atomic E-state index is 0.208. The normalized spacial score (nSPS) is 14.5. The number of Topliss-reactive ketones (excluding diaryl/α,β-unsaturated/α-hetero) is 1. The number of rotatable bonds is 11. The number of aliphatic hydroxyl groups excluding tert-OH is 1. The van der Waals surface area contributed by atoms with Gasteiger partial charge in [-0.15, -0.1) is 0 Å². The van der Waals surface area contributed by atoms with Crippen molar-refractivity contribution in [3.63, 3.8) is 0 Å². The maximum atomic E-state index is 13.2. The first-order chi connectivity index (χ1) is 28.2. The highest BCUT2D eigenvalue weighted by molar-refractivity contribution is 6.15. The molecule has 0 aliphatic carbocycles. The van der Waals surface area contributed by atoms with E-state index < -0.39 is 118 Å². The Morgan fingerprint density at radius 1 is 0.672 bits per heavy atom. The van der Waals surface area contributed by atoms with E-state index in [0.29, 0.717) is 24.3 Å². The first-order valence-electron chi connectivity index (χ1n) is 17.0. The number of ether oxygens (including phenoxy) is 7. The maximum Gasteiger partial charge on any atom is 0.352 e. The number of nitrogens with one attached hydrogen (secondary N) is 1. The molecule has 340 valence electrons. The van der Waals surface area contributed by atoms with E-state index in [1.807, 2.05) is 0 Å². The van der Waals surface area contributed by atoms with E-state index in [-0.39, 0.29) is 38.3 Å². The summed E-state index contributed by atoms with van der Waals surface area (Å²) in [5.74, 6) is -13.9. The van der Waals surface area contributed by atoms with E-state index in [0.717, 1.165) is 0 Å². The molecule has 0 radical (unpaired) electrons. The average Bonchev–Trinajstić information content (AvgIpc) is 3.07. The Bertz CT molecular complexity index is 1840. The van der Waals surface area contributed by atoms with Crippen LogP contribution in [0.1, 0.15) is 51.7 Å². The molecule has 5 N–H and O–H groups in total. The van der Waals surface area contributed by atoms with E-state index in [1.54, 1.807) is 0 Å². The number of aliphatic carboxylic acids is 1. The number of nitrogens with two attached hydrogens (primary N) is 1. The molecule has 0 unspecified atom stereocenters. The number of hydrogen-bond donors (Lipinski definition) is 4. The van der Waals surface area contributed by atoms with Gasteiger partial charge < -0.3 is 54.4 Å². The van der Waals surface area contributed by atoms with Crippen LogP contribution in [0.4, 0.5) is 26.3 Å². The third kappa shape index (κ3) is 21.6. The zero-order chi connectivity index (χ0) is 47.2. The summed E-state index contributed by atoms with van der Waals surface area (Å²) in [6.45, 7) is 4.48. The second-order valence-corrected chi connectivity index (χ2v) is 12.6. The zero-order valence-corrected chi connectivity index (χ0v) is 33.7. The second kappa shape index (κ2) is 26.2. The topological polar surface area (TPSA) is 263 Å². The first kappa shape index (κ1) is 54.9. The molecule has 0 aromatic heterocycles. The van der Waals surface area contributed by atoms with Crippen molar-refractivity contribution in [2.24, 2.45) is 5.73 Å². The number of hydrogen-bond acceptors (Lipinski definition) is 16. The number of carbonyl (C=O) groups is 7. The number of benzene rings is 2. The van der Waals surface area contributed by atoms with Gasteiger partial charge in [-0.1, -0.05) is 0 Å². The van der Waals surface area contributed by atoms with Gasteiger partial charge in [-0.2, -0.15) is 0 Å². The van der Waals surface area contributed by atoms with Gasteiger partial charge >= 0.3 is 29.8 Å². The first-order valence-corrected chi connectivity index (χ1v) is 17.0. The van der Waals surface area contributed by atoms with Crippen LogP contribution in [0.15, 0.2) is 35.6 Å². The fourth-order valence-corrected chi connectivity index (χ4v) is 4.13. The van der Waals surface area contributed by atoms with Crippen LogP contribution in [0, 0.1) is 34.9 Å². The summed E-state index contributed by atoms with van der Waals surface area (Å²) in [6, 6.07) is 2.23. The minimum Gasteiger partial charge on any atom is -0.509 e. The molecular weight excluding hydrogens is 842 g/mol. The van der Waals surface area contributed by atoms with Crippen LogP contribution in [-0.4, -0.2) is 104 Å². The number of carboxylic acid groups (broad SMARTS) is 1. The van der Waals surface area contributed by atoms with Gasteiger partial charge in [-0.05, 0) is 0 Å². The van der Waals surface area contributed by atoms with Crippen molar-refractivity contribution in [2.45, 2.75) is 65.2 Å². The Labute approximate surface area is 343 Å². The molecule has 2 fully saturated rings. The van der Waals surface area contributed by atoms with E-state index >= 15 is 0 Å². The molecule has 0 spiro atoms. The molecule has 0 bridgehead atoms. The number of halogens is 6. The van der Waals surface area contributed by atoms with Crippen molar-refractivity contribution in [2.75, 3.05) is 41.2 Å². The Morgan fingerprint density at radius 3 is 1.41 bits per heavy atom. The summed E-state index contributed by atoms with van der Waals surface area (Å²) < 4.78 is 109. The molecule has 2 aromatic carbocycles. The van der Waals surface area contributed by atoms with Crippen molar-refractivity contribution in [3.05, 3.63) is 81.6 Å². The van der Waals surface area contributed by atoms with Gasteiger partial charge in [-0.3, -0.25) is 19.2 Å². The Morgan fingerprint density at radius 2 is 1.07 bits per heavy atom. The summed E-state index contributed by atoms with van der Waals surface area (Å²) >= 11 is 0. The monoisotopic (exact) mass is 886 g/mol. The van der Waals surface area contributed by atoms with Gasteiger partial charge in [0.2, 0.25) is 5.91 Å². The van der Waals surface area contributed by atoms with Gasteiger partial charge in [0.1, 0.15) is 66.9 Å². The minimum atomic E-state index is -1.30. The fraction of sp³-hybridized carbons (Fsp3) is 0.432. The molecule has 2 saturated heterocycles. The molecular formula is C37H44F6N2O16. The number of methoxy groups -OCH3 is 3. The number of ketones is 1. The molecule has 0 atom stereocenters. The lowest BCUT2D eigenvalue weighted by Crippen LogP contribution is -2.42.